The summed E-state index contributed by atoms with van der Waals surface area (Å²) in [6.45, 7) is 0.963. The first kappa shape index (κ1) is 17.2. The number of amides is 1. The van der Waals surface area contributed by atoms with E-state index in [2.05, 4.69) is 5.32 Å². The van der Waals surface area contributed by atoms with Crippen LogP contribution >= 0.6 is 11.6 Å². The third-order valence-electron chi connectivity index (χ3n) is 4.86. The number of carbonyl (C=O) groups is 2. The highest BCUT2D eigenvalue weighted by atomic mass is 35.5. The van der Waals surface area contributed by atoms with Gasteiger partial charge < -0.3 is 20.5 Å². The maximum absolute atomic E-state index is 12.7. The van der Waals surface area contributed by atoms with Crippen LogP contribution in [-0.4, -0.2) is 37.7 Å². The molecule has 0 radical (unpaired) electrons. The number of rotatable bonds is 4. The molecule has 1 saturated carbocycles. The van der Waals surface area contributed by atoms with Crippen LogP contribution in [0.5, 0.6) is 0 Å². The smallest absolute Gasteiger partial charge is 0.339 e. The maximum Gasteiger partial charge on any atom is 0.339 e. The molecule has 1 aliphatic heterocycles. The van der Waals surface area contributed by atoms with Crippen LogP contribution in [-0.2, 0) is 19.8 Å². The van der Waals surface area contributed by atoms with Gasteiger partial charge in [0.05, 0.1) is 28.8 Å². The molecular formula is C17H21ClN2O4. The zero-order chi connectivity index (χ0) is 17.4. The van der Waals surface area contributed by atoms with Gasteiger partial charge in [-0.2, -0.15) is 0 Å². The number of halogens is 1. The topological polar surface area (TPSA) is 90.7 Å². The standard InChI is InChI=1S/C17H21ClN2O4/c1-23-14(21)11-3-2-4-12(13(11)18)17(5-6-17)20-15(22)16(19)7-9-24-10-8-16/h2-4H,5-10,19H2,1H3,(H,20,22). The molecular weight excluding hydrogens is 332 g/mol. The monoisotopic (exact) mass is 352 g/mol. The molecule has 0 aromatic heterocycles. The molecule has 7 heteroatoms. The van der Waals surface area contributed by atoms with Crippen LogP contribution in [0.15, 0.2) is 18.2 Å². The molecule has 1 heterocycles. The Hall–Kier alpha value is -1.63. The highest BCUT2D eigenvalue weighted by Crippen LogP contribution is 2.49. The lowest BCUT2D eigenvalue weighted by molar-refractivity contribution is -0.130. The predicted molar refractivity (Wildman–Crippen MR) is 88.8 cm³/mol. The van der Waals surface area contributed by atoms with Crippen LogP contribution in [0.4, 0.5) is 0 Å². The lowest BCUT2D eigenvalue weighted by Crippen LogP contribution is -2.58. The molecule has 3 N–H and O–H groups in total. The normalized spacial score (nSPS) is 21.0. The molecule has 6 nitrogen and oxygen atoms in total. The summed E-state index contributed by atoms with van der Waals surface area (Å²) < 4.78 is 10.0. The first-order chi connectivity index (χ1) is 11.4. The predicted octanol–water partition coefficient (Wildman–Crippen LogP) is 1.74. The Bertz CT molecular complexity index is 667. The maximum atomic E-state index is 12.7. The number of hydrogen-bond donors (Lipinski definition) is 2. The summed E-state index contributed by atoms with van der Waals surface area (Å²) in [5, 5.41) is 3.38. The van der Waals surface area contributed by atoms with Gasteiger partial charge >= 0.3 is 5.97 Å². The van der Waals surface area contributed by atoms with Crippen molar-refractivity contribution in [3.05, 3.63) is 34.3 Å². The highest BCUT2D eigenvalue weighted by Gasteiger charge is 2.50. The van der Waals surface area contributed by atoms with E-state index in [9.17, 15) is 9.59 Å². The van der Waals surface area contributed by atoms with Gasteiger partial charge in [-0.3, -0.25) is 4.79 Å². The van der Waals surface area contributed by atoms with Crippen LogP contribution in [0, 0.1) is 0 Å². The number of benzene rings is 1. The molecule has 2 aliphatic rings. The van der Waals surface area contributed by atoms with Crippen molar-refractivity contribution in [3.63, 3.8) is 0 Å². The quantitative estimate of drug-likeness (QED) is 0.805. The van der Waals surface area contributed by atoms with Crippen molar-refractivity contribution in [2.24, 2.45) is 5.73 Å². The molecule has 0 spiro atoms. The van der Waals surface area contributed by atoms with Crippen molar-refractivity contribution in [2.45, 2.75) is 36.8 Å². The molecule has 0 bridgehead atoms. The molecule has 0 unspecified atom stereocenters. The number of nitrogens with one attached hydrogen (secondary N) is 1. The number of esters is 1. The Balaban J connectivity index is 1.84. The first-order valence-corrected chi connectivity index (χ1v) is 8.36. The molecule has 0 atom stereocenters. The minimum atomic E-state index is -0.916. The fraction of sp³-hybridized carbons (Fsp3) is 0.529. The van der Waals surface area contributed by atoms with Crippen molar-refractivity contribution in [1.82, 2.24) is 5.32 Å². The van der Waals surface area contributed by atoms with Gasteiger partial charge in [-0.05, 0) is 37.3 Å². The van der Waals surface area contributed by atoms with E-state index in [1.807, 2.05) is 6.07 Å². The second kappa shape index (κ2) is 6.35. The average Bonchev–Trinajstić information content (AvgIpc) is 3.35. The zero-order valence-electron chi connectivity index (χ0n) is 13.6. The van der Waals surface area contributed by atoms with E-state index in [1.54, 1.807) is 12.1 Å². The van der Waals surface area contributed by atoms with E-state index in [-0.39, 0.29) is 5.91 Å². The number of nitrogens with two attached hydrogens (primary N) is 1. The van der Waals surface area contributed by atoms with Crippen LogP contribution in [0.3, 0.4) is 0 Å². The summed E-state index contributed by atoms with van der Waals surface area (Å²) in [5.74, 6) is -0.688. The Labute approximate surface area is 145 Å². The molecule has 3 rings (SSSR count). The number of ether oxygens (including phenoxy) is 2. The van der Waals surface area contributed by atoms with Crippen LogP contribution in [0.2, 0.25) is 5.02 Å². The van der Waals surface area contributed by atoms with Gasteiger partial charge in [0.2, 0.25) is 5.91 Å². The van der Waals surface area contributed by atoms with E-state index in [4.69, 9.17) is 26.8 Å². The fourth-order valence-electron chi connectivity index (χ4n) is 3.06. The van der Waals surface area contributed by atoms with Gasteiger partial charge in [0.1, 0.15) is 0 Å². The van der Waals surface area contributed by atoms with Crippen LogP contribution < -0.4 is 11.1 Å². The molecule has 1 amide bonds. The summed E-state index contributed by atoms with van der Waals surface area (Å²) in [6.07, 6.45) is 2.50. The molecule has 2 fully saturated rings. The van der Waals surface area contributed by atoms with E-state index in [0.717, 1.165) is 18.4 Å². The van der Waals surface area contributed by atoms with E-state index in [1.165, 1.54) is 7.11 Å². The second-order valence-electron chi connectivity index (χ2n) is 6.46. The van der Waals surface area contributed by atoms with Gasteiger partial charge in [-0.1, -0.05) is 23.7 Å². The molecule has 24 heavy (non-hydrogen) atoms. The lowest BCUT2D eigenvalue weighted by Gasteiger charge is -2.34. The number of hydrogen-bond acceptors (Lipinski definition) is 5. The minimum absolute atomic E-state index is 0.192. The van der Waals surface area contributed by atoms with Gasteiger partial charge in [0.25, 0.3) is 0 Å². The largest absolute Gasteiger partial charge is 0.465 e. The van der Waals surface area contributed by atoms with E-state index < -0.39 is 17.0 Å². The molecule has 1 aromatic carbocycles. The Morgan fingerprint density at radius 2 is 1.92 bits per heavy atom. The van der Waals surface area contributed by atoms with Gasteiger partial charge in [-0.15, -0.1) is 0 Å². The Morgan fingerprint density at radius 1 is 1.25 bits per heavy atom. The highest BCUT2D eigenvalue weighted by molar-refractivity contribution is 6.34. The van der Waals surface area contributed by atoms with Crippen molar-refractivity contribution >= 4 is 23.5 Å². The summed E-state index contributed by atoms with van der Waals surface area (Å²) in [6, 6.07) is 5.18. The summed E-state index contributed by atoms with van der Waals surface area (Å²) >= 11 is 6.41. The average molecular weight is 353 g/mol. The summed E-state index contributed by atoms with van der Waals surface area (Å²) in [4.78, 5) is 24.5. The first-order valence-electron chi connectivity index (χ1n) is 7.98. The number of carbonyl (C=O) groups excluding carboxylic acids is 2. The van der Waals surface area contributed by atoms with Crippen LogP contribution in [0.1, 0.15) is 41.6 Å². The molecule has 130 valence electrons. The summed E-state index contributed by atoms with van der Waals surface area (Å²) in [5.41, 5.74) is 5.81. The van der Waals surface area contributed by atoms with Crippen molar-refractivity contribution in [2.75, 3.05) is 20.3 Å². The van der Waals surface area contributed by atoms with E-state index in [0.29, 0.717) is 36.6 Å². The van der Waals surface area contributed by atoms with Gasteiger partial charge in [0.15, 0.2) is 0 Å². The van der Waals surface area contributed by atoms with Gasteiger partial charge in [0, 0.05) is 13.2 Å². The van der Waals surface area contributed by atoms with Gasteiger partial charge in [-0.25, -0.2) is 4.79 Å². The SMILES string of the molecule is COC(=O)c1cccc(C2(NC(=O)C3(N)CCOCC3)CC2)c1Cl. The van der Waals surface area contributed by atoms with E-state index >= 15 is 0 Å². The van der Waals surface area contributed by atoms with Crippen LogP contribution in [0.25, 0.3) is 0 Å². The van der Waals surface area contributed by atoms with Crippen molar-refractivity contribution in [3.8, 4) is 0 Å². The van der Waals surface area contributed by atoms with Crippen molar-refractivity contribution in [1.29, 1.82) is 0 Å². The second-order valence-corrected chi connectivity index (χ2v) is 6.84. The third kappa shape index (κ3) is 3.01. The molecule has 1 aliphatic carbocycles. The third-order valence-corrected chi connectivity index (χ3v) is 5.27. The molecule has 1 aromatic rings. The van der Waals surface area contributed by atoms with Crippen molar-refractivity contribution < 1.29 is 19.1 Å². The fourth-order valence-corrected chi connectivity index (χ4v) is 3.44. The Morgan fingerprint density at radius 3 is 2.50 bits per heavy atom. The summed E-state index contributed by atoms with van der Waals surface area (Å²) in [7, 11) is 1.31. The zero-order valence-corrected chi connectivity index (χ0v) is 14.3. The lowest BCUT2D eigenvalue weighted by atomic mass is 9.89. The number of methoxy groups -OCH3 is 1. The minimum Gasteiger partial charge on any atom is -0.465 e. The Kier molecular flexibility index (Phi) is 4.55. The molecule has 1 saturated heterocycles.